The summed E-state index contributed by atoms with van der Waals surface area (Å²) in [7, 11) is 0. The van der Waals surface area contributed by atoms with Gasteiger partial charge in [-0.2, -0.15) is 5.26 Å². The van der Waals surface area contributed by atoms with Crippen LogP contribution in [-0.4, -0.2) is 28.5 Å². The Morgan fingerprint density at radius 3 is 2.63 bits per heavy atom. The lowest BCUT2D eigenvalue weighted by atomic mass is 9.82. The van der Waals surface area contributed by atoms with Gasteiger partial charge in [0.05, 0.1) is 17.1 Å². The van der Waals surface area contributed by atoms with Gasteiger partial charge in [-0.05, 0) is 57.1 Å². The van der Waals surface area contributed by atoms with E-state index in [1.54, 1.807) is 6.92 Å². The quantitative estimate of drug-likeness (QED) is 0.776. The Kier molecular flexibility index (Phi) is 5.72. The van der Waals surface area contributed by atoms with Crippen molar-refractivity contribution in [2.24, 2.45) is 0 Å². The number of fused-ring (bicyclic) bond motifs is 2. The molecule has 1 fully saturated rings. The maximum absolute atomic E-state index is 13.2. The average Bonchev–Trinajstić information content (AvgIpc) is 2.77. The van der Waals surface area contributed by atoms with Gasteiger partial charge in [0.15, 0.2) is 6.10 Å². The minimum absolute atomic E-state index is 0.418. The summed E-state index contributed by atoms with van der Waals surface area (Å²) in [5.41, 5.74) is 2.35. The topological polar surface area (TPSA) is 92.1 Å². The normalized spacial score (nSPS) is 18.7. The molecule has 1 heterocycles. The van der Waals surface area contributed by atoms with Crippen molar-refractivity contribution in [2.75, 3.05) is 0 Å². The average molecular weight is 405 g/mol. The summed E-state index contributed by atoms with van der Waals surface area (Å²) in [6.07, 6.45) is 6.90. The van der Waals surface area contributed by atoms with E-state index < -0.39 is 23.5 Å². The van der Waals surface area contributed by atoms with Crippen molar-refractivity contribution in [3.63, 3.8) is 0 Å². The second-order valence-corrected chi connectivity index (χ2v) is 8.43. The zero-order valence-corrected chi connectivity index (χ0v) is 17.4. The third-order valence-electron chi connectivity index (χ3n) is 6.31. The van der Waals surface area contributed by atoms with Crippen LogP contribution < -0.4 is 5.32 Å². The number of hydrogen-bond acceptors (Lipinski definition) is 5. The van der Waals surface area contributed by atoms with Crippen LogP contribution >= 0.6 is 0 Å². The third kappa shape index (κ3) is 3.89. The highest BCUT2D eigenvalue weighted by Crippen LogP contribution is 2.30. The number of aromatic nitrogens is 1. The van der Waals surface area contributed by atoms with Crippen LogP contribution in [0.2, 0.25) is 0 Å². The van der Waals surface area contributed by atoms with Crippen molar-refractivity contribution in [3.05, 3.63) is 41.1 Å². The van der Waals surface area contributed by atoms with E-state index >= 15 is 0 Å². The van der Waals surface area contributed by atoms with Gasteiger partial charge in [0, 0.05) is 11.1 Å². The number of pyridine rings is 1. The summed E-state index contributed by atoms with van der Waals surface area (Å²) in [5, 5.41) is 13.2. The van der Waals surface area contributed by atoms with Gasteiger partial charge in [0.25, 0.3) is 5.91 Å². The van der Waals surface area contributed by atoms with E-state index in [2.05, 4.69) is 11.4 Å². The first-order chi connectivity index (χ1) is 14.5. The largest absolute Gasteiger partial charge is 0.449 e. The highest BCUT2D eigenvalue weighted by atomic mass is 16.5. The fourth-order valence-electron chi connectivity index (χ4n) is 4.64. The number of esters is 1. The fraction of sp³-hybridized carbons (Fsp3) is 0.500. The standard InChI is InChI=1S/C24H27N3O3/c1-16(22(28)27-24(15-25)13-7-2-8-14-24)30-23(29)21-17-9-3-5-11-19(17)26-20-12-6-4-10-18(20)21/h3,5,9,11,16H,2,4,6-8,10,12-14H2,1H3,(H,27,28). The van der Waals surface area contributed by atoms with E-state index in [0.29, 0.717) is 18.4 Å². The summed E-state index contributed by atoms with van der Waals surface area (Å²) in [5.74, 6) is -0.914. The highest BCUT2D eigenvalue weighted by Gasteiger charge is 2.36. The minimum atomic E-state index is -0.976. The van der Waals surface area contributed by atoms with E-state index in [1.165, 1.54) is 0 Å². The van der Waals surface area contributed by atoms with Crippen molar-refractivity contribution in [3.8, 4) is 6.07 Å². The molecule has 4 rings (SSSR count). The monoisotopic (exact) mass is 405 g/mol. The molecule has 0 aliphatic heterocycles. The van der Waals surface area contributed by atoms with Crippen LogP contribution in [0.5, 0.6) is 0 Å². The van der Waals surface area contributed by atoms with Crippen molar-refractivity contribution >= 4 is 22.8 Å². The molecule has 30 heavy (non-hydrogen) atoms. The lowest BCUT2D eigenvalue weighted by molar-refractivity contribution is -0.130. The van der Waals surface area contributed by atoms with Gasteiger partial charge in [-0.25, -0.2) is 4.79 Å². The second kappa shape index (κ2) is 8.43. The maximum Gasteiger partial charge on any atom is 0.339 e. The highest BCUT2D eigenvalue weighted by molar-refractivity contribution is 6.05. The molecule has 2 aromatic rings. The van der Waals surface area contributed by atoms with Crippen LogP contribution in [0.4, 0.5) is 0 Å². The number of hydrogen-bond donors (Lipinski definition) is 1. The zero-order valence-electron chi connectivity index (χ0n) is 17.4. The molecule has 6 heteroatoms. The third-order valence-corrected chi connectivity index (χ3v) is 6.31. The molecule has 0 radical (unpaired) electrons. The smallest absolute Gasteiger partial charge is 0.339 e. The van der Waals surface area contributed by atoms with Crippen molar-refractivity contribution in [2.45, 2.75) is 76.4 Å². The van der Waals surface area contributed by atoms with Crippen LogP contribution in [-0.2, 0) is 22.4 Å². The molecule has 1 N–H and O–H groups in total. The Hall–Kier alpha value is -2.94. The molecule has 1 saturated carbocycles. The molecule has 1 aromatic heterocycles. The Morgan fingerprint density at radius 1 is 1.13 bits per heavy atom. The van der Waals surface area contributed by atoms with E-state index in [9.17, 15) is 14.9 Å². The number of rotatable bonds is 4. The second-order valence-electron chi connectivity index (χ2n) is 8.43. The van der Waals surface area contributed by atoms with Gasteiger partial charge in [0.1, 0.15) is 5.54 Å². The van der Waals surface area contributed by atoms with Crippen LogP contribution in [0.3, 0.4) is 0 Å². The summed E-state index contributed by atoms with van der Waals surface area (Å²) < 4.78 is 5.62. The van der Waals surface area contributed by atoms with E-state index in [1.807, 2.05) is 24.3 Å². The number of carbonyl (C=O) groups is 2. The number of benzene rings is 1. The Bertz CT molecular complexity index is 1020. The molecule has 2 aliphatic carbocycles. The van der Waals surface area contributed by atoms with Gasteiger partial charge in [-0.15, -0.1) is 0 Å². The summed E-state index contributed by atoms with van der Waals surface area (Å²) >= 11 is 0. The van der Waals surface area contributed by atoms with Crippen molar-refractivity contribution in [1.82, 2.24) is 10.3 Å². The molecule has 2 aliphatic rings. The van der Waals surface area contributed by atoms with Crippen molar-refractivity contribution in [1.29, 1.82) is 5.26 Å². The molecule has 1 unspecified atom stereocenters. The molecule has 1 amide bonds. The molecule has 1 atom stereocenters. The number of ether oxygens (including phenoxy) is 1. The number of para-hydroxylation sites is 1. The lowest BCUT2D eigenvalue weighted by Gasteiger charge is -2.32. The predicted octanol–water partition coefficient (Wildman–Crippen LogP) is 4.00. The summed E-state index contributed by atoms with van der Waals surface area (Å²) in [6.45, 7) is 1.57. The Balaban J connectivity index is 1.57. The Labute approximate surface area is 176 Å². The molecule has 0 spiro atoms. The molecule has 0 bridgehead atoms. The zero-order chi connectivity index (χ0) is 21.1. The van der Waals surface area contributed by atoms with Gasteiger partial charge in [-0.1, -0.05) is 37.5 Å². The van der Waals surface area contributed by atoms with Gasteiger partial charge in [0.2, 0.25) is 0 Å². The molecule has 156 valence electrons. The Morgan fingerprint density at radius 2 is 1.87 bits per heavy atom. The first-order valence-corrected chi connectivity index (χ1v) is 10.9. The lowest BCUT2D eigenvalue weighted by Crippen LogP contribution is -2.52. The number of nitriles is 1. The number of nitrogens with zero attached hydrogens (tertiary/aromatic N) is 2. The summed E-state index contributed by atoms with van der Waals surface area (Å²) in [6, 6.07) is 9.84. The van der Waals surface area contributed by atoms with Crippen LogP contribution in [0.15, 0.2) is 24.3 Å². The number of carbonyl (C=O) groups excluding carboxylic acids is 2. The molecular weight excluding hydrogens is 378 g/mol. The van der Waals surface area contributed by atoms with Crippen molar-refractivity contribution < 1.29 is 14.3 Å². The molecule has 1 aromatic carbocycles. The summed E-state index contributed by atoms with van der Waals surface area (Å²) in [4.78, 5) is 30.7. The fourth-order valence-corrected chi connectivity index (χ4v) is 4.64. The predicted molar refractivity (Wildman–Crippen MR) is 113 cm³/mol. The van der Waals surface area contributed by atoms with Crippen LogP contribution in [0.25, 0.3) is 10.9 Å². The van der Waals surface area contributed by atoms with E-state index in [0.717, 1.165) is 67.1 Å². The van der Waals surface area contributed by atoms with Crippen LogP contribution in [0, 0.1) is 11.3 Å². The van der Waals surface area contributed by atoms with Gasteiger partial charge in [-0.3, -0.25) is 9.78 Å². The SMILES string of the molecule is CC(OC(=O)c1c2c(nc3ccccc13)CCCC2)C(=O)NC1(C#N)CCCCC1. The number of nitrogens with one attached hydrogen (secondary N) is 1. The van der Waals surface area contributed by atoms with Crippen LogP contribution in [0.1, 0.15) is 73.5 Å². The number of amides is 1. The van der Waals surface area contributed by atoms with E-state index in [-0.39, 0.29) is 0 Å². The van der Waals surface area contributed by atoms with Gasteiger partial charge >= 0.3 is 5.97 Å². The van der Waals surface area contributed by atoms with E-state index in [4.69, 9.17) is 9.72 Å². The number of aryl methyl sites for hydroxylation is 1. The molecule has 0 saturated heterocycles. The first-order valence-electron chi connectivity index (χ1n) is 10.9. The minimum Gasteiger partial charge on any atom is -0.449 e. The molecule has 6 nitrogen and oxygen atoms in total. The van der Waals surface area contributed by atoms with Gasteiger partial charge < -0.3 is 10.1 Å². The maximum atomic E-state index is 13.2. The molecular formula is C24H27N3O3. The first kappa shape index (κ1) is 20.3.